The zero-order chi connectivity index (χ0) is 16.1. The summed E-state index contributed by atoms with van der Waals surface area (Å²) in [6, 6.07) is 18.9. The molecule has 0 aliphatic rings. The maximum Gasteiger partial charge on any atom is 0.133 e. The molecule has 3 N–H and O–H groups in total. The number of hydrogen-bond donors (Lipinski definition) is 2. The van der Waals surface area contributed by atoms with E-state index < -0.39 is 0 Å². The van der Waals surface area contributed by atoms with Gasteiger partial charge in [0.05, 0.1) is 4.88 Å². The number of nitrogen functional groups attached to an aromatic ring is 1. The van der Waals surface area contributed by atoms with Crippen LogP contribution in [0.1, 0.15) is 28.8 Å². The predicted octanol–water partition coefficient (Wildman–Crippen LogP) is 5.64. The zero-order valence-electron chi connectivity index (χ0n) is 13.4. The monoisotopic (exact) mass is 356 g/mol. The van der Waals surface area contributed by atoms with Crippen molar-refractivity contribution in [3.8, 4) is 0 Å². The first-order valence-electron chi connectivity index (χ1n) is 7.81. The Bertz CT molecular complexity index is 837. The second kappa shape index (κ2) is 8.67. The fourth-order valence-corrected chi connectivity index (χ4v) is 3.60. The van der Waals surface area contributed by atoms with Crippen LogP contribution in [0, 0.1) is 5.41 Å². The lowest BCUT2D eigenvalue weighted by atomic mass is 10.1. The predicted molar refractivity (Wildman–Crippen MR) is 109 cm³/mol. The highest BCUT2D eigenvalue weighted by Gasteiger charge is 2.06. The summed E-state index contributed by atoms with van der Waals surface area (Å²) in [6.45, 7) is 0. The zero-order valence-corrected chi connectivity index (χ0v) is 15.0. The standard InChI is InChI=1S/C20H20N2S.ClH/c21-20(22)19-14-17-16(12-7-13-18(17)23-19)11-6-2-5-10-15-8-3-1-4-9-15;/h1,3-4,6-9,11-14H,2,5,10H2,(H3,21,22);1H. The number of nitrogens with two attached hydrogens (primary N) is 1. The summed E-state index contributed by atoms with van der Waals surface area (Å²) in [5.41, 5.74) is 8.19. The number of rotatable bonds is 6. The van der Waals surface area contributed by atoms with Gasteiger partial charge in [-0.25, -0.2) is 0 Å². The fraction of sp³-hybridized carbons (Fsp3) is 0.150. The van der Waals surface area contributed by atoms with Gasteiger partial charge in [0.15, 0.2) is 0 Å². The molecule has 0 radical (unpaired) electrons. The Kier molecular flexibility index (Phi) is 6.59. The van der Waals surface area contributed by atoms with Crippen molar-refractivity contribution in [3.63, 3.8) is 0 Å². The van der Waals surface area contributed by atoms with E-state index in [1.165, 1.54) is 21.2 Å². The van der Waals surface area contributed by atoms with E-state index in [1.54, 1.807) is 11.3 Å². The molecule has 0 fully saturated rings. The second-order valence-corrected chi connectivity index (χ2v) is 6.65. The van der Waals surface area contributed by atoms with E-state index in [9.17, 15) is 0 Å². The molecule has 4 heteroatoms. The Hall–Kier alpha value is -2.10. The normalized spacial score (nSPS) is 10.8. The summed E-state index contributed by atoms with van der Waals surface area (Å²) >= 11 is 1.58. The van der Waals surface area contributed by atoms with E-state index in [1.807, 2.05) is 6.07 Å². The van der Waals surface area contributed by atoms with Crippen molar-refractivity contribution in [3.05, 3.63) is 76.7 Å². The van der Waals surface area contributed by atoms with Gasteiger partial charge in [-0.15, -0.1) is 23.7 Å². The first-order valence-corrected chi connectivity index (χ1v) is 8.63. The number of amidine groups is 1. The van der Waals surface area contributed by atoms with E-state index >= 15 is 0 Å². The smallest absolute Gasteiger partial charge is 0.133 e. The molecule has 0 spiro atoms. The third kappa shape index (κ3) is 4.47. The lowest BCUT2D eigenvalue weighted by molar-refractivity contribution is 0.845. The van der Waals surface area contributed by atoms with Crippen LogP contribution in [-0.2, 0) is 6.42 Å². The number of thiophene rings is 1. The number of hydrogen-bond acceptors (Lipinski definition) is 2. The molecule has 2 nitrogen and oxygen atoms in total. The van der Waals surface area contributed by atoms with Crippen LogP contribution >= 0.6 is 23.7 Å². The van der Waals surface area contributed by atoms with Gasteiger partial charge in [-0.05, 0) is 42.5 Å². The van der Waals surface area contributed by atoms with Gasteiger partial charge in [-0.3, -0.25) is 5.41 Å². The first-order chi connectivity index (χ1) is 11.2. The highest BCUT2D eigenvalue weighted by molar-refractivity contribution is 7.20. The molecule has 2 aromatic carbocycles. The maximum atomic E-state index is 7.58. The van der Waals surface area contributed by atoms with Crippen LogP contribution in [-0.4, -0.2) is 5.84 Å². The minimum atomic E-state index is 0. The summed E-state index contributed by atoms with van der Waals surface area (Å²) in [5.74, 6) is 0.143. The molecule has 0 aliphatic heterocycles. The van der Waals surface area contributed by atoms with Gasteiger partial charge in [0.1, 0.15) is 5.84 Å². The third-order valence-corrected chi connectivity index (χ3v) is 4.97. The van der Waals surface area contributed by atoms with Crippen LogP contribution in [0.25, 0.3) is 16.2 Å². The van der Waals surface area contributed by atoms with Gasteiger partial charge >= 0.3 is 0 Å². The largest absolute Gasteiger partial charge is 0.383 e. The van der Waals surface area contributed by atoms with Crippen LogP contribution in [0.15, 0.2) is 60.7 Å². The lowest BCUT2D eigenvalue weighted by Gasteiger charge is -1.99. The highest BCUT2D eigenvalue weighted by Crippen LogP contribution is 2.29. The summed E-state index contributed by atoms with van der Waals surface area (Å²) in [4.78, 5) is 0.838. The molecule has 0 saturated heterocycles. The molecule has 3 aromatic rings. The summed E-state index contributed by atoms with van der Waals surface area (Å²) in [7, 11) is 0. The average Bonchev–Trinajstić information content (AvgIpc) is 3.01. The number of benzene rings is 2. The quantitative estimate of drug-likeness (QED) is 0.335. The van der Waals surface area contributed by atoms with Crippen LogP contribution in [0.5, 0.6) is 0 Å². The molecule has 1 heterocycles. The van der Waals surface area contributed by atoms with Gasteiger partial charge in [-0.2, -0.15) is 0 Å². The molecule has 1 aromatic heterocycles. The van der Waals surface area contributed by atoms with Gasteiger partial charge in [0.25, 0.3) is 0 Å². The van der Waals surface area contributed by atoms with Crippen molar-refractivity contribution in [2.24, 2.45) is 5.73 Å². The molecule has 0 atom stereocenters. The number of allylic oxidation sites excluding steroid dienone is 1. The Balaban J connectivity index is 0.00000208. The SMILES string of the molecule is Cl.N=C(N)c1cc2c(C=CCCCc3ccccc3)cccc2s1. The maximum absolute atomic E-state index is 7.58. The average molecular weight is 357 g/mol. The minimum Gasteiger partial charge on any atom is -0.383 e. The molecule has 0 amide bonds. The third-order valence-electron chi connectivity index (χ3n) is 3.84. The number of aryl methyl sites for hydroxylation is 1. The Morgan fingerprint density at radius 3 is 2.62 bits per heavy atom. The molecule has 0 aliphatic carbocycles. The van der Waals surface area contributed by atoms with E-state index in [0.29, 0.717) is 0 Å². The fourth-order valence-electron chi connectivity index (χ4n) is 2.64. The molecule has 0 bridgehead atoms. The van der Waals surface area contributed by atoms with Crippen LogP contribution in [0.2, 0.25) is 0 Å². The number of halogens is 1. The second-order valence-electron chi connectivity index (χ2n) is 5.56. The summed E-state index contributed by atoms with van der Waals surface area (Å²) in [5, 5.41) is 8.77. The number of nitrogens with one attached hydrogen (secondary N) is 1. The molecule has 24 heavy (non-hydrogen) atoms. The van der Waals surface area contributed by atoms with E-state index in [4.69, 9.17) is 11.1 Å². The molecular weight excluding hydrogens is 336 g/mol. The molecular formula is C20H21ClN2S. The van der Waals surface area contributed by atoms with Gasteiger partial charge < -0.3 is 5.73 Å². The highest BCUT2D eigenvalue weighted by atomic mass is 35.5. The molecule has 0 unspecified atom stereocenters. The minimum absolute atomic E-state index is 0. The van der Waals surface area contributed by atoms with Crippen LogP contribution in [0.3, 0.4) is 0 Å². The molecule has 3 rings (SSSR count). The first kappa shape index (κ1) is 18.2. The Labute approximate surface area is 152 Å². The lowest BCUT2D eigenvalue weighted by Crippen LogP contribution is -2.08. The van der Waals surface area contributed by atoms with Crippen LogP contribution < -0.4 is 5.73 Å². The number of fused-ring (bicyclic) bond motifs is 1. The van der Waals surface area contributed by atoms with Crippen molar-refractivity contribution < 1.29 is 0 Å². The van der Waals surface area contributed by atoms with E-state index in [0.717, 1.165) is 24.1 Å². The van der Waals surface area contributed by atoms with Gasteiger partial charge in [0, 0.05) is 10.1 Å². The molecule has 0 saturated carbocycles. The Morgan fingerprint density at radius 2 is 1.88 bits per heavy atom. The summed E-state index contributed by atoms with van der Waals surface area (Å²) in [6.07, 6.45) is 7.75. The Morgan fingerprint density at radius 1 is 1.08 bits per heavy atom. The van der Waals surface area contributed by atoms with Crippen molar-refractivity contribution >= 4 is 45.7 Å². The topological polar surface area (TPSA) is 49.9 Å². The van der Waals surface area contributed by atoms with Gasteiger partial charge in [-0.1, -0.05) is 54.6 Å². The van der Waals surface area contributed by atoms with Crippen LogP contribution in [0.4, 0.5) is 0 Å². The van der Waals surface area contributed by atoms with Crippen molar-refractivity contribution in [2.75, 3.05) is 0 Å². The van der Waals surface area contributed by atoms with Crippen molar-refractivity contribution in [2.45, 2.75) is 19.3 Å². The number of unbranched alkanes of at least 4 members (excludes halogenated alkanes) is 1. The van der Waals surface area contributed by atoms with Crippen molar-refractivity contribution in [1.82, 2.24) is 0 Å². The van der Waals surface area contributed by atoms with E-state index in [2.05, 4.69) is 60.7 Å². The molecule has 124 valence electrons. The van der Waals surface area contributed by atoms with E-state index in [-0.39, 0.29) is 18.2 Å². The van der Waals surface area contributed by atoms with Gasteiger partial charge in [0.2, 0.25) is 0 Å². The summed E-state index contributed by atoms with van der Waals surface area (Å²) < 4.78 is 1.18. The van der Waals surface area contributed by atoms with Crippen molar-refractivity contribution in [1.29, 1.82) is 5.41 Å².